The standard InChI is InChI=1S/C29H44O5/c1-17(30)33-23-15-22-27(5)13-8-12-26(3,4)20(27)11-14-28(22,6)21-10-9-19-16-32-25(34-18(2)31)24(19)29(21,23)7/h9,20-25H,8,10-16H2,1-7H3. The van der Waals surface area contributed by atoms with Crippen molar-refractivity contribution >= 4 is 11.9 Å². The molecule has 190 valence electrons. The van der Waals surface area contributed by atoms with E-state index in [9.17, 15) is 9.59 Å². The van der Waals surface area contributed by atoms with Crippen LogP contribution in [0.1, 0.15) is 93.4 Å². The molecule has 4 aliphatic carbocycles. The van der Waals surface area contributed by atoms with Crippen LogP contribution >= 0.6 is 0 Å². The van der Waals surface area contributed by atoms with Crippen LogP contribution in [-0.2, 0) is 23.8 Å². The maximum atomic E-state index is 12.4. The first-order valence-corrected chi connectivity index (χ1v) is 13.5. The summed E-state index contributed by atoms with van der Waals surface area (Å²) < 4.78 is 18.0. The molecule has 3 saturated carbocycles. The van der Waals surface area contributed by atoms with Crippen molar-refractivity contribution in [2.75, 3.05) is 6.61 Å². The summed E-state index contributed by atoms with van der Waals surface area (Å²) in [6.07, 6.45) is 9.76. The highest BCUT2D eigenvalue weighted by Crippen LogP contribution is 2.74. The molecule has 5 heteroatoms. The predicted molar refractivity (Wildman–Crippen MR) is 130 cm³/mol. The first-order valence-electron chi connectivity index (χ1n) is 13.5. The molecule has 5 nitrogen and oxygen atoms in total. The summed E-state index contributed by atoms with van der Waals surface area (Å²) in [5.74, 6) is 0.954. The summed E-state index contributed by atoms with van der Waals surface area (Å²) in [4.78, 5) is 24.4. The Bertz CT molecular complexity index is 906. The Hall–Kier alpha value is -1.36. The maximum absolute atomic E-state index is 12.4. The first-order chi connectivity index (χ1) is 15.8. The second kappa shape index (κ2) is 7.82. The second-order valence-electron chi connectivity index (χ2n) is 13.5. The molecule has 0 amide bonds. The molecule has 0 spiro atoms. The van der Waals surface area contributed by atoms with Gasteiger partial charge in [0, 0.05) is 19.3 Å². The summed E-state index contributed by atoms with van der Waals surface area (Å²) in [6.45, 7) is 15.8. The zero-order chi connectivity index (χ0) is 24.7. The predicted octanol–water partition coefficient (Wildman–Crippen LogP) is 6.06. The van der Waals surface area contributed by atoms with Gasteiger partial charge in [0.15, 0.2) is 0 Å². The van der Waals surface area contributed by atoms with Crippen LogP contribution in [0.15, 0.2) is 11.6 Å². The minimum absolute atomic E-state index is 0.0643. The van der Waals surface area contributed by atoms with E-state index in [0.717, 1.165) is 12.8 Å². The molecule has 4 fully saturated rings. The molecule has 5 rings (SSSR count). The minimum atomic E-state index is -0.602. The van der Waals surface area contributed by atoms with Crippen molar-refractivity contribution in [3.05, 3.63) is 11.6 Å². The first kappa shape index (κ1) is 24.3. The zero-order valence-electron chi connectivity index (χ0n) is 22.2. The summed E-state index contributed by atoms with van der Waals surface area (Å²) >= 11 is 0. The third-order valence-corrected chi connectivity index (χ3v) is 11.5. The second-order valence-corrected chi connectivity index (χ2v) is 13.5. The molecule has 5 aliphatic rings. The van der Waals surface area contributed by atoms with E-state index in [-0.39, 0.29) is 40.2 Å². The van der Waals surface area contributed by atoms with E-state index in [0.29, 0.717) is 29.8 Å². The molecule has 34 heavy (non-hydrogen) atoms. The number of rotatable bonds is 2. The molecule has 1 heterocycles. The van der Waals surface area contributed by atoms with Crippen LogP contribution < -0.4 is 0 Å². The molecule has 0 aromatic rings. The fourth-order valence-corrected chi connectivity index (χ4v) is 10.3. The van der Waals surface area contributed by atoms with Gasteiger partial charge in [-0.15, -0.1) is 0 Å². The lowest BCUT2D eigenvalue weighted by atomic mass is 9.34. The molecular weight excluding hydrogens is 428 g/mol. The van der Waals surface area contributed by atoms with Crippen LogP contribution in [0.4, 0.5) is 0 Å². The number of fused-ring (bicyclic) bond motifs is 7. The van der Waals surface area contributed by atoms with E-state index < -0.39 is 6.29 Å². The van der Waals surface area contributed by atoms with Crippen LogP contribution in [-0.4, -0.2) is 30.9 Å². The Balaban J connectivity index is 1.61. The van der Waals surface area contributed by atoms with Crippen molar-refractivity contribution in [1.82, 2.24) is 0 Å². The van der Waals surface area contributed by atoms with E-state index in [4.69, 9.17) is 14.2 Å². The number of hydrogen-bond acceptors (Lipinski definition) is 5. The fourth-order valence-electron chi connectivity index (χ4n) is 10.3. The molecule has 0 radical (unpaired) electrons. The third kappa shape index (κ3) is 3.28. The molecule has 1 aliphatic heterocycles. The van der Waals surface area contributed by atoms with Crippen molar-refractivity contribution in [3.8, 4) is 0 Å². The quantitative estimate of drug-likeness (QED) is 0.361. The van der Waals surface area contributed by atoms with Gasteiger partial charge in [0.2, 0.25) is 6.29 Å². The summed E-state index contributed by atoms with van der Waals surface area (Å²) in [7, 11) is 0. The van der Waals surface area contributed by atoms with Gasteiger partial charge in [0.25, 0.3) is 0 Å². The van der Waals surface area contributed by atoms with E-state index >= 15 is 0 Å². The van der Waals surface area contributed by atoms with Gasteiger partial charge in [0.1, 0.15) is 6.10 Å². The lowest BCUT2D eigenvalue weighted by Gasteiger charge is -2.70. The minimum Gasteiger partial charge on any atom is -0.462 e. The van der Waals surface area contributed by atoms with Crippen molar-refractivity contribution in [3.63, 3.8) is 0 Å². The van der Waals surface area contributed by atoms with Crippen molar-refractivity contribution in [1.29, 1.82) is 0 Å². The number of carbonyl (C=O) groups excluding carboxylic acids is 2. The summed E-state index contributed by atoms with van der Waals surface area (Å²) in [6, 6.07) is 0. The van der Waals surface area contributed by atoms with Crippen molar-refractivity contribution < 1.29 is 23.8 Å². The number of carbonyl (C=O) groups is 2. The van der Waals surface area contributed by atoms with Crippen LogP contribution in [0.3, 0.4) is 0 Å². The highest BCUT2D eigenvalue weighted by molar-refractivity contribution is 5.67. The van der Waals surface area contributed by atoms with Gasteiger partial charge >= 0.3 is 11.9 Å². The van der Waals surface area contributed by atoms with Crippen molar-refractivity contribution in [2.24, 2.45) is 45.3 Å². The Labute approximate surface area is 205 Å². The molecular formula is C29H44O5. The number of esters is 2. The Morgan fingerprint density at radius 1 is 0.912 bits per heavy atom. The molecule has 0 aromatic heterocycles. The summed E-state index contributed by atoms with van der Waals surface area (Å²) in [5.41, 5.74) is 1.63. The van der Waals surface area contributed by atoms with E-state index in [1.165, 1.54) is 51.5 Å². The average Bonchev–Trinajstić information content (AvgIpc) is 3.12. The van der Waals surface area contributed by atoms with Crippen molar-refractivity contribution in [2.45, 2.75) is 106 Å². The normalized spacial score (nSPS) is 49.0. The monoisotopic (exact) mass is 472 g/mol. The number of hydrogen-bond donors (Lipinski definition) is 0. The molecule has 9 atom stereocenters. The maximum Gasteiger partial charge on any atom is 0.304 e. The van der Waals surface area contributed by atoms with E-state index in [2.05, 4.69) is 40.7 Å². The Kier molecular flexibility index (Phi) is 5.60. The Morgan fingerprint density at radius 2 is 1.59 bits per heavy atom. The largest absolute Gasteiger partial charge is 0.462 e. The highest BCUT2D eigenvalue weighted by atomic mass is 16.7. The van der Waals surface area contributed by atoms with Gasteiger partial charge in [0.05, 0.1) is 12.5 Å². The zero-order valence-corrected chi connectivity index (χ0v) is 22.2. The smallest absolute Gasteiger partial charge is 0.304 e. The molecule has 1 saturated heterocycles. The SMILES string of the molecule is CC(=O)OC1OCC2=CCC3C4(C)CCC5C(C)(C)CCCC5(C)C4CC(OC(C)=O)C3(C)C21. The third-order valence-electron chi connectivity index (χ3n) is 11.5. The van der Waals surface area contributed by atoms with Gasteiger partial charge in [-0.05, 0) is 78.1 Å². The molecule has 9 unspecified atom stereocenters. The lowest BCUT2D eigenvalue weighted by molar-refractivity contribution is -0.255. The van der Waals surface area contributed by atoms with Crippen LogP contribution in [0.25, 0.3) is 0 Å². The van der Waals surface area contributed by atoms with E-state index in [1.807, 2.05) is 0 Å². The van der Waals surface area contributed by atoms with Gasteiger partial charge in [-0.3, -0.25) is 9.59 Å². The average molecular weight is 473 g/mol. The number of allylic oxidation sites excluding steroid dienone is 1. The Morgan fingerprint density at radius 3 is 2.26 bits per heavy atom. The highest BCUT2D eigenvalue weighted by Gasteiger charge is 2.70. The van der Waals surface area contributed by atoms with Crippen LogP contribution in [0, 0.1) is 45.3 Å². The van der Waals surface area contributed by atoms with Crippen LogP contribution in [0.5, 0.6) is 0 Å². The molecule has 0 bridgehead atoms. The number of ether oxygens (including phenoxy) is 3. The topological polar surface area (TPSA) is 61.8 Å². The molecule has 0 N–H and O–H groups in total. The van der Waals surface area contributed by atoms with Gasteiger partial charge in [-0.25, -0.2) is 0 Å². The molecule has 0 aromatic carbocycles. The van der Waals surface area contributed by atoms with Gasteiger partial charge < -0.3 is 14.2 Å². The van der Waals surface area contributed by atoms with Gasteiger partial charge in [-0.2, -0.15) is 0 Å². The van der Waals surface area contributed by atoms with Crippen LogP contribution in [0.2, 0.25) is 0 Å². The van der Waals surface area contributed by atoms with Gasteiger partial charge in [-0.1, -0.05) is 47.1 Å². The lowest BCUT2D eigenvalue weighted by Crippen LogP contribution is -2.67. The fraction of sp³-hybridized carbons (Fsp3) is 0.862. The summed E-state index contributed by atoms with van der Waals surface area (Å²) in [5, 5.41) is 0. The van der Waals surface area contributed by atoms with E-state index in [1.54, 1.807) is 0 Å².